The van der Waals surface area contributed by atoms with Gasteiger partial charge in [0.1, 0.15) is 0 Å². The van der Waals surface area contributed by atoms with Gasteiger partial charge in [-0.15, -0.1) is 0 Å². The van der Waals surface area contributed by atoms with E-state index in [2.05, 4.69) is 50.2 Å². The molecule has 200 valence electrons. The lowest BCUT2D eigenvalue weighted by Crippen LogP contribution is -2.17. The highest BCUT2D eigenvalue weighted by atomic mass is 35.5. The molecule has 5 rings (SSSR count). The molecule has 0 saturated carbocycles. The van der Waals surface area contributed by atoms with E-state index >= 15 is 0 Å². The van der Waals surface area contributed by atoms with Crippen molar-refractivity contribution in [1.82, 2.24) is 4.57 Å². The number of benzene rings is 4. The number of nitrogens with one attached hydrogen (secondary N) is 1. The summed E-state index contributed by atoms with van der Waals surface area (Å²) in [4.78, 5) is 14.2. The van der Waals surface area contributed by atoms with E-state index in [0.29, 0.717) is 31.0 Å². The second-order valence-corrected chi connectivity index (χ2v) is 9.88. The summed E-state index contributed by atoms with van der Waals surface area (Å²) in [6, 6.07) is 33.4. The van der Waals surface area contributed by atoms with Gasteiger partial charge in [0.25, 0.3) is 0 Å². The first-order chi connectivity index (χ1) is 19.6. The number of aromatic carboxylic acids is 1. The van der Waals surface area contributed by atoms with Gasteiger partial charge >= 0.3 is 5.97 Å². The van der Waals surface area contributed by atoms with Crippen molar-refractivity contribution in [2.75, 3.05) is 18.4 Å². The number of carboxylic acid groups (broad SMARTS) is 1. The zero-order valence-electron chi connectivity index (χ0n) is 21.7. The molecule has 1 aromatic heterocycles. The number of halogens is 1. The fraction of sp³-hybridized carbons (Fsp3) is 0.156. The monoisotopic (exact) mass is 549 g/mol. The molecular weight excluding hydrogens is 522 g/mol. The number of carbonyl (C=O) groups is 1. The number of hydrogen-bond donors (Lipinski definition) is 2. The molecule has 0 radical (unpaired) electrons. The number of aromatic nitrogens is 1. The van der Waals surface area contributed by atoms with E-state index in [-0.39, 0.29) is 11.6 Å². The SMILES string of the molecule is [N-]=[N+]=NCCc1c(CCNc2ccc(C(=O)O)cc2)c2cc(Cl)ccc2n1C(c1ccccc1)c1ccccc1. The molecule has 5 aromatic rings. The van der Waals surface area contributed by atoms with Crippen LogP contribution >= 0.6 is 11.6 Å². The minimum absolute atomic E-state index is 0.0996. The molecule has 0 spiro atoms. The van der Waals surface area contributed by atoms with Gasteiger partial charge in [0.15, 0.2) is 0 Å². The highest BCUT2D eigenvalue weighted by Gasteiger charge is 2.25. The first-order valence-electron chi connectivity index (χ1n) is 13.1. The molecule has 4 aromatic carbocycles. The largest absolute Gasteiger partial charge is 0.478 e. The van der Waals surface area contributed by atoms with Crippen LogP contribution in [-0.2, 0) is 12.8 Å². The Morgan fingerprint density at radius 1 is 0.925 bits per heavy atom. The van der Waals surface area contributed by atoms with Crippen LogP contribution in [0.25, 0.3) is 21.3 Å². The number of hydrogen-bond acceptors (Lipinski definition) is 3. The van der Waals surface area contributed by atoms with Crippen LogP contribution in [0.1, 0.15) is 38.8 Å². The molecule has 8 heteroatoms. The summed E-state index contributed by atoms with van der Waals surface area (Å²) in [5.74, 6) is -0.952. The third kappa shape index (κ3) is 5.81. The van der Waals surface area contributed by atoms with Gasteiger partial charge in [-0.3, -0.25) is 0 Å². The van der Waals surface area contributed by atoms with Crippen molar-refractivity contribution < 1.29 is 9.90 Å². The Hall–Kier alpha value is -4.71. The predicted octanol–water partition coefficient (Wildman–Crippen LogP) is 8.14. The maximum atomic E-state index is 11.2. The molecule has 0 aliphatic carbocycles. The summed E-state index contributed by atoms with van der Waals surface area (Å²) in [5, 5.41) is 18.2. The minimum atomic E-state index is -0.952. The molecule has 7 nitrogen and oxygen atoms in total. The van der Waals surface area contributed by atoms with E-state index in [1.807, 2.05) is 48.5 Å². The molecule has 0 aliphatic rings. The summed E-state index contributed by atoms with van der Waals surface area (Å²) < 4.78 is 2.36. The van der Waals surface area contributed by atoms with E-state index in [9.17, 15) is 9.90 Å². The molecular formula is C32H28ClN5O2. The Balaban J connectivity index is 1.62. The zero-order chi connectivity index (χ0) is 27.9. The summed E-state index contributed by atoms with van der Waals surface area (Å²) >= 11 is 6.52. The van der Waals surface area contributed by atoms with Gasteiger partial charge in [-0.2, -0.15) is 0 Å². The molecule has 0 atom stereocenters. The number of fused-ring (bicyclic) bond motifs is 1. The second-order valence-electron chi connectivity index (χ2n) is 9.44. The molecule has 1 heterocycles. The van der Waals surface area contributed by atoms with Gasteiger partial charge < -0.3 is 15.0 Å². The van der Waals surface area contributed by atoms with Crippen LogP contribution in [0.5, 0.6) is 0 Å². The quantitative estimate of drug-likeness (QED) is 0.0986. The van der Waals surface area contributed by atoms with Gasteiger partial charge in [-0.25, -0.2) is 4.79 Å². The van der Waals surface area contributed by atoms with Crippen molar-refractivity contribution in [3.8, 4) is 0 Å². The van der Waals surface area contributed by atoms with E-state index in [1.54, 1.807) is 24.3 Å². The average Bonchev–Trinajstić information content (AvgIpc) is 3.26. The molecule has 0 fully saturated rings. The van der Waals surface area contributed by atoms with E-state index in [0.717, 1.165) is 39.0 Å². The lowest BCUT2D eigenvalue weighted by atomic mass is 9.97. The molecule has 0 amide bonds. The van der Waals surface area contributed by atoms with Crippen LogP contribution in [0.3, 0.4) is 0 Å². The maximum Gasteiger partial charge on any atom is 0.335 e. The van der Waals surface area contributed by atoms with Crippen molar-refractivity contribution >= 4 is 34.2 Å². The Labute approximate surface area is 237 Å². The topological polar surface area (TPSA) is 103 Å². The van der Waals surface area contributed by atoms with Crippen LogP contribution < -0.4 is 5.32 Å². The van der Waals surface area contributed by atoms with Crippen LogP contribution in [0.2, 0.25) is 5.02 Å². The molecule has 40 heavy (non-hydrogen) atoms. The van der Waals surface area contributed by atoms with E-state index in [4.69, 9.17) is 17.1 Å². The third-order valence-electron chi connectivity index (χ3n) is 7.02. The summed E-state index contributed by atoms with van der Waals surface area (Å²) in [6.45, 7) is 0.946. The molecule has 0 saturated heterocycles. The standard InChI is InChI=1S/C32H28ClN5O2/c33-25-13-16-29-28(21-25)27(17-19-35-26-14-11-24(12-15-26)32(39)40)30(18-20-36-37-34)38(29)31(22-7-3-1-4-8-22)23-9-5-2-6-10-23/h1-16,21,31,35H,17-20H2,(H,39,40). The number of anilines is 1. The Morgan fingerprint density at radius 2 is 1.57 bits per heavy atom. The zero-order valence-corrected chi connectivity index (χ0v) is 22.5. The number of rotatable bonds is 11. The lowest BCUT2D eigenvalue weighted by Gasteiger charge is -2.25. The van der Waals surface area contributed by atoms with Crippen molar-refractivity contribution in [2.45, 2.75) is 18.9 Å². The Morgan fingerprint density at radius 3 is 2.17 bits per heavy atom. The molecule has 0 aliphatic heterocycles. The third-order valence-corrected chi connectivity index (χ3v) is 7.25. The Kier molecular flexibility index (Phi) is 8.35. The van der Waals surface area contributed by atoms with Crippen LogP contribution in [0, 0.1) is 0 Å². The summed E-state index contributed by atoms with van der Waals surface area (Å²) in [7, 11) is 0. The van der Waals surface area contributed by atoms with Crippen LogP contribution in [0.15, 0.2) is 108 Å². The highest BCUT2D eigenvalue weighted by Crippen LogP contribution is 2.37. The minimum Gasteiger partial charge on any atom is -0.478 e. The number of nitrogens with zero attached hydrogens (tertiary/aromatic N) is 4. The van der Waals surface area contributed by atoms with Crippen molar-refractivity contribution in [1.29, 1.82) is 0 Å². The van der Waals surface area contributed by atoms with Gasteiger partial charge in [0.05, 0.1) is 11.6 Å². The van der Waals surface area contributed by atoms with Crippen molar-refractivity contribution in [3.05, 3.63) is 147 Å². The number of carboxylic acids is 1. The fourth-order valence-corrected chi connectivity index (χ4v) is 5.45. The number of azide groups is 1. The van der Waals surface area contributed by atoms with E-state index in [1.165, 1.54) is 0 Å². The van der Waals surface area contributed by atoms with Gasteiger partial charge in [0, 0.05) is 45.3 Å². The Bertz CT molecular complexity index is 1620. The molecule has 0 bridgehead atoms. The van der Waals surface area contributed by atoms with E-state index < -0.39 is 5.97 Å². The smallest absolute Gasteiger partial charge is 0.335 e. The van der Waals surface area contributed by atoms with Crippen molar-refractivity contribution in [3.63, 3.8) is 0 Å². The van der Waals surface area contributed by atoms with Gasteiger partial charge in [-0.1, -0.05) is 77.4 Å². The first-order valence-corrected chi connectivity index (χ1v) is 13.4. The highest BCUT2D eigenvalue weighted by molar-refractivity contribution is 6.31. The summed E-state index contributed by atoms with van der Waals surface area (Å²) in [6.07, 6.45) is 1.25. The summed E-state index contributed by atoms with van der Waals surface area (Å²) in [5.41, 5.74) is 15.7. The van der Waals surface area contributed by atoms with Gasteiger partial charge in [-0.05, 0) is 77.5 Å². The lowest BCUT2D eigenvalue weighted by molar-refractivity contribution is 0.0697. The second kappa shape index (κ2) is 12.4. The first kappa shape index (κ1) is 26.9. The molecule has 0 unspecified atom stereocenters. The average molecular weight is 550 g/mol. The van der Waals surface area contributed by atoms with Gasteiger partial charge in [0.2, 0.25) is 0 Å². The fourth-order valence-electron chi connectivity index (χ4n) is 5.28. The van der Waals surface area contributed by atoms with Crippen LogP contribution in [-0.4, -0.2) is 28.7 Å². The van der Waals surface area contributed by atoms with Crippen LogP contribution in [0.4, 0.5) is 5.69 Å². The van der Waals surface area contributed by atoms with Crippen molar-refractivity contribution in [2.24, 2.45) is 5.11 Å². The molecule has 2 N–H and O–H groups in total. The normalized spacial score (nSPS) is 10.9. The maximum absolute atomic E-state index is 11.2. The predicted molar refractivity (Wildman–Crippen MR) is 160 cm³/mol.